The number of aryl methyl sites for hydroxylation is 2. The lowest BCUT2D eigenvalue weighted by Gasteiger charge is -2.00. The minimum Gasteiger partial charge on any atom is -0.0795 e. The van der Waals surface area contributed by atoms with Crippen LogP contribution in [0.3, 0.4) is 0 Å². The van der Waals surface area contributed by atoms with E-state index in [-0.39, 0.29) is 7.43 Å². The Hall–Kier alpha value is -5.46. The first-order chi connectivity index (χ1) is 48.3. The highest BCUT2D eigenvalue weighted by Crippen LogP contribution is 2.18. The highest BCUT2D eigenvalue weighted by atomic mass is 14.1. The molecule has 0 atom stereocenters. The van der Waals surface area contributed by atoms with Gasteiger partial charge in [0.15, 0.2) is 0 Å². The largest absolute Gasteiger partial charge is 0.0795 e. The molecule has 0 aromatic heterocycles. The molecule has 3 saturated carbocycles. The number of hydrogen-bond donors (Lipinski definition) is 0. The summed E-state index contributed by atoms with van der Waals surface area (Å²) in [6.45, 7) is 65.6. The van der Waals surface area contributed by atoms with Gasteiger partial charge in [0.2, 0.25) is 0 Å². The maximum atomic E-state index is 2.20. The third-order valence-corrected chi connectivity index (χ3v) is 11.7. The molecule has 7 aromatic rings. The van der Waals surface area contributed by atoms with Crippen LogP contribution < -0.4 is 0 Å². The summed E-state index contributed by atoms with van der Waals surface area (Å²) in [6, 6.07) is 67.2. The second-order valence-electron chi connectivity index (χ2n) is 20.3. The van der Waals surface area contributed by atoms with Crippen LogP contribution in [-0.4, -0.2) is 0 Å². The Bertz CT molecular complexity index is 1990. The summed E-state index contributed by atoms with van der Waals surface area (Å²) >= 11 is 0. The minimum atomic E-state index is 0. The van der Waals surface area contributed by atoms with E-state index in [0.29, 0.717) is 0 Å². The van der Waals surface area contributed by atoms with Crippen LogP contribution in [-0.2, 0) is 25.7 Å². The van der Waals surface area contributed by atoms with Crippen molar-refractivity contribution >= 4 is 16.8 Å². The fourth-order valence-corrected chi connectivity index (χ4v) is 7.83. The predicted octanol–water partition coefficient (Wildman–Crippen LogP) is 36.7. The number of rotatable bonds is 4. The van der Waals surface area contributed by atoms with Crippen molar-refractivity contribution in [2.45, 2.75) is 383 Å². The molecule has 4 aliphatic carbocycles. The molecule has 0 nitrogen and oxygen atoms in total. The van der Waals surface area contributed by atoms with E-state index in [1.165, 1.54) is 173 Å². The van der Waals surface area contributed by atoms with Crippen molar-refractivity contribution in [1.82, 2.24) is 0 Å². The molecular weight excluding hydrogens is 1190 g/mol. The summed E-state index contributed by atoms with van der Waals surface area (Å²) in [5, 5.41) is 2.62. The molecule has 0 amide bonds. The van der Waals surface area contributed by atoms with E-state index >= 15 is 0 Å². The first kappa shape index (κ1) is 123. The molecule has 99 heavy (non-hydrogen) atoms. The predicted molar refractivity (Wildman–Crippen MR) is 480 cm³/mol. The fourth-order valence-electron chi connectivity index (χ4n) is 7.83. The lowest BCUT2D eigenvalue weighted by molar-refractivity contribution is 0.886. The average molecular weight is 1370 g/mol. The third-order valence-electron chi connectivity index (χ3n) is 11.7. The Labute approximate surface area is 629 Å². The molecule has 0 N–H and O–H groups in total. The van der Waals surface area contributed by atoms with Gasteiger partial charge in [-0.15, -0.1) is 0 Å². The van der Waals surface area contributed by atoms with E-state index < -0.39 is 0 Å². The molecule has 0 spiro atoms. The number of hydrogen-bond acceptors (Lipinski definition) is 0. The quantitative estimate of drug-likeness (QED) is 0.165. The van der Waals surface area contributed by atoms with Gasteiger partial charge >= 0.3 is 0 Å². The van der Waals surface area contributed by atoms with Crippen LogP contribution in [0.15, 0.2) is 200 Å². The van der Waals surface area contributed by atoms with Crippen molar-refractivity contribution in [1.29, 1.82) is 0 Å². The van der Waals surface area contributed by atoms with Gasteiger partial charge in [0.05, 0.1) is 0 Å². The normalized spacial score (nSPS) is 10.2. The highest BCUT2D eigenvalue weighted by molar-refractivity contribution is 5.82. The van der Waals surface area contributed by atoms with E-state index in [2.05, 4.69) is 277 Å². The maximum Gasteiger partial charge on any atom is -0.00258 e. The monoisotopic (exact) mass is 1370 g/mol. The molecule has 0 unspecified atom stereocenters. The maximum absolute atomic E-state index is 2.20. The van der Waals surface area contributed by atoms with Crippen LogP contribution >= 0.6 is 0 Å². The van der Waals surface area contributed by atoms with Crippen molar-refractivity contribution in [3.63, 3.8) is 0 Å². The van der Waals surface area contributed by atoms with Gasteiger partial charge in [-0.1, -0.05) is 564 Å². The zero-order chi connectivity index (χ0) is 77.6. The number of fused-ring (bicyclic) bond motifs is 2. The molecule has 0 heterocycles. The van der Waals surface area contributed by atoms with Crippen molar-refractivity contribution in [3.05, 3.63) is 234 Å². The van der Waals surface area contributed by atoms with Gasteiger partial charge in [-0.05, 0) is 69.8 Å². The average Bonchev–Trinajstić information content (AvgIpc) is 1.89. The van der Waals surface area contributed by atoms with E-state index in [4.69, 9.17) is 0 Å². The van der Waals surface area contributed by atoms with Crippen LogP contribution in [0.25, 0.3) is 16.8 Å². The molecule has 0 heteroatoms. The smallest absolute Gasteiger partial charge is 0.00258 e. The molecule has 0 saturated heterocycles. The first-order valence-corrected chi connectivity index (χ1v) is 41.7. The Kier molecular flexibility index (Phi) is 165. The lowest BCUT2D eigenvalue weighted by Crippen LogP contribution is -1.85. The summed E-state index contributed by atoms with van der Waals surface area (Å²) in [4.78, 5) is 0. The summed E-state index contributed by atoms with van der Waals surface area (Å²) in [6.07, 6.45) is 37.6. The topological polar surface area (TPSA) is 0 Å². The zero-order valence-electron chi connectivity index (χ0n) is 72.6. The minimum absolute atomic E-state index is 0. The Morgan fingerprint density at radius 1 is 0.212 bits per heavy atom. The third kappa shape index (κ3) is 106. The summed E-state index contributed by atoms with van der Waals surface area (Å²) in [5.41, 5.74) is 8.40. The Morgan fingerprint density at radius 3 is 0.566 bits per heavy atom. The second kappa shape index (κ2) is 132. The second-order valence-corrected chi connectivity index (χ2v) is 20.3. The van der Waals surface area contributed by atoms with Crippen LogP contribution in [0, 0.1) is 0 Å². The Morgan fingerprint density at radius 2 is 0.384 bits per heavy atom. The van der Waals surface area contributed by atoms with Crippen LogP contribution in [0.1, 0.15) is 391 Å². The summed E-state index contributed by atoms with van der Waals surface area (Å²) in [7, 11) is 0. The zero-order valence-corrected chi connectivity index (χ0v) is 72.6. The summed E-state index contributed by atoms with van der Waals surface area (Å²) < 4.78 is 0. The van der Waals surface area contributed by atoms with Crippen molar-refractivity contribution < 1.29 is 0 Å². The molecule has 3 fully saturated rings. The van der Waals surface area contributed by atoms with E-state index in [1.54, 1.807) is 0 Å². The molecule has 0 aliphatic heterocycles. The van der Waals surface area contributed by atoms with Gasteiger partial charge in [-0.25, -0.2) is 0 Å². The molecule has 0 bridgehead atoms. The van der Waals surface area contributed by atoms with Gasteiger partial charge in [-0.3, -0.25) is 0 Å². The number of benzene rings is 7. The van der Waals surface area contributed by atoms with Gasteiger partial charge in [0, 0.05) is 0 Å². The van der Waals surface area contributed by atoms with Crippen molar-refractivity contribution in [2.75, 3.05) is 0 Å². The van der Waals surface area contributed by atoms with E-state index in [9.17, 15) is 0 Å². The molecule has 11 rings (SSSR count). The molecular formula is C99H182. The van der Waals surface area contributed by atoms with Crippen molar-refractivity contribution in [2.24, 2.45) is 0 Å². The standard InChI is InChI=1S/C13H12.C10H8.C9H8.2C8H10.3C5H10.5C3H8.10C2H6.CH4/c1-3-7-12(8-4-1)11-13-9-5-2-6-10-13;1-2-6-10-8-4-3-7-9(10)5-1;1-2-5-9-7-3-6-8(9)4-1;2*1-2-8-6-4-3-5-7-8;3*1-2-4-5-3-1;5*1-3-2;10*1-2;/h1-10H,11H2;1-8H;1-6H,7H2;2*3-7H,2H2,1H3;3*1-5H2;5*3H2,1-2H3;10*1-2H3;1H4. The Balaban J connectivity index is -0.0000000735. The van der Waals surface area contributed by atoms with Gasteiger partial charge in [0.25, 0.3) is 0 Å². The van der Waals surface area contributed by atoms with Gasteiger partial charge < -0.3 is 0 Å². The molecule has 7 aromatic carbocycles. The van der Waals surface area contributed by atoms with E-state index in [1.807, 2.05) is 151 Å². The SMILES string of the molecule is C.C1=Cc2ccccc2C1.C1CCCC1.C1CCCC1.C1CCCC1.CC.CC.CC.CC.CC.CC.CC.CC.CC.CC.CCC.CCC.CCC.CCC.CCC.CCc1ccccc1.CCc1ccccc1.c1ccc(Cc2ccccc2)cc1.c1ccc2ccccc2c1. The number of allylic oxidation sites excluding steroid dienone is 1. The molecule has 4 aliphatic rings. The van der Waals surface area contributed by atoms with Crippen LogP contribution in [0.5, 0.6) is 0 Å². The molecule has 578 valence electrons. The first-order valence-electron chi connectivity index (χ1n) is 41.7. The summed E-state index contributed by atoms with van der Waals surface area (Å²) in [5.74, 6) is 0. The highest BCUT2D eigenvalue weighted by Gasteiger charge is 2.01. The van der Waals surface area contributed by atoms with Gasteiger partial charge in [-0.2, -0.15) is 0 Å². The lowest BCUT2D eigenvalue weighted by atomic mass is 10.1. The van der Waals surface area contributed by atoms with Crippen molar-refractivity contribution in [3.8, 4) is 0 Å². The van der Waals surface area contributed by atoms with Gasteiger partial charge in [0.1, 0.15) is 0 Å². The van der Waals surface area contributed by atoms with Crippen LogP contribution in [0.2, 0.25) is 0 Å². The molecule has 0 radical (unpaired) electrons. The van der Waals surface area contributed by atoms with E-state index in [0.717, 1.165) is 25.7 Å². The fraction of sp³-hybridized carbons (Fsp3) is 0.576. The van der Waals surface area contributed by atoms with Crippen LogP contribution in [0.4, 0.5) is 0 Å².